The summed E-state index contributed by atoms with van der Waals surface area (Å²) in [7, 11) is 0. The number of aromatic carboxylic acids is 1. The molecule has 0 fully saturated rings. The Balaban J connectivity index is 2.54. The number of carboxylic acids is 1. The maximum absolute atomic E-state index is 10.7. The fourth-order valence-corrected chi connectivity index (χ4v) is 1.57. The van der Waals surface area contributed by atoms with Crippen LogP contribution in [0.3, 0.4) is 0 Å². The molecule has 1 N–H and O–H groups in total. The molecule has 76 valence electrons. The minimum atomic E-state index is -0.940. The number of hydrogen-bond donors (Lipinski definition) is 1. The largest absolute Gasteiger partial charge is 0.491 e. The molecule has 0 aliphatic carbocycles. The van der Waals surface area contributed by atoms with Crippen LogP contribution in [-0.4, -0.2) is 17.7 Å². The zero-order valence-corrected chi connectivity index (χ0v) is 8.76. The number of hydrogen-bond acceptors (Lipinski definition) is 3. The van der Waals surface area contributed by atoms with Gasteiger partial charge in [-0.2, -0.15) is 0 Å². The van der Waals surface area contributed by atoms with Crippen molar-refractivity contribution in [1.29, 1.82) is 0 Å². The second-order valence-corrected chi connectivity index (χ2v) is 3.89. The van der Waals surface area contributed by atoms with Gasteiger partial charge < -0.3 is 9.84 Å². The van der Waals surface area contributed by atoms with Gasteiger partial charge in [0, 0.05) is 6.42 Å². The van der Waals surface area contributed by atoms with Gasteiger partial charge in [0.15, 0.2) is 4.88 Å². The number of thiophene rings is 1. The first-order chi connectivity index (χ1) is 6.61. The first-order valence-corrected chi connectivity index (χ1v) is 5.07. The third kappa shape index (κ3) is 2.88. The van der Waals surface area contributed by atoms with E-state index in [4.69, 9.17) is 9.84 Å². The first-order valence-electron chi connectivity index (χ1n) is 4.19. The molecule has 0 atom stereocenters. The highest BCUT2D eigenvalue weighted by Crippen LogP contribution is 2.24. The first kappa shape index (κ1) is 10.8. The third-order valence-corrected chi connectivity index (χ3v) is 2.49. The lowest BCUT2D eigenvalue weighted by molar-refractivity contribution is 0.0698. The van der Waals surface area contributed by atoms with Crippen molar-refractivity contribution in [1.82, 2.24) is 0 Å². The Labute approximate surface area is 86.6 Å². The van der Waals surface area contributed by atoms with Crippen molar-refractivity contribution in [2.24, 2.45) is 0 Å². The molecule has 0 saturated heterocycles. The topological polar surface area (TPSA) is 46.5 Å². The average molecular weight is 212 g/mol. The van der Waals surface area contributed by atoms with E-state index in [1.807, 2.05) is 6.92 Å². The summed E-state index contributed by atoms with van der Waals surface area (Å²) in [6, 6.07) is 1.67. The van der Waals surface area contributed by atoms with Crippen LogP contribution < -0.4 is 4.74 Å². The van der Waals surface area contributed by atoms with Crippen LogP contribution in [0.15, 0.2) is 23.6 Å². The van der Waals surface area contributed by atoms with Gasteiger partial charge in [-0.25, -0.2) is 4.79 Å². The Morgan fingerprint density at radius 3 is 3.00 bits per heavy atom. The molecule has 0 radical (unpaired) electrons. The van der Waals surface area contributed by atoms with Gasteiger partial charge in [-0.3, -0.25) is 0 Å². The highest BCUT2D eigenvalue weighted by Gasteiger charge is 2.12. The second-order valence-electron chi connectivity index (χ2n) is 2.97. The van der Waals surface area contributed by atoms with Gasteiger partial charge in [0.2, 0.25) is 0 Å². The summed E-state index contributed by atoms with van der Waals surface area (Å²) in [6.07, 6.45) is 0.745. The Kier molecular flexibility index (Phi) is 3.71. The number of ether oxygens (including phenoxy) is 1. The molecule has 0 aliphatic rings. The molecule has 3 nitrogen and oxygen atoms in total. The highest BCUT2D eigenvalue weighted by molar-refractivity contribution is 7.12. The van der Waals surface area contributed by atoms with Crippen molar-refractivity contribution in [3.05, 3.63) is 28.5 Å². The maximum atomic E-state index is 10.7. The monoisotopic (exact) mass is 212 g/mol. The van der Waals surface area contributed by atoms with Gasteiger partial charge in [0.05, 0.1) is 6.61 Å². The van der Waals surface area contributed by atoms with E-state index in [1.165, 1.54) is 11.3 Å². The molecule has 1 aromatic heterocycles. The molecule has 1 rings (SSSR count). The predicted octanol–water partition coefficient (Wildman–Crippen LogP) is 2.79. The van der Waals surface area contributed by atoms with E-state index in [2.05, 4.69) is 6.58 Å². The molecule has 0 saturated carbocycles. The van der Waals surface area contributed by atoms with Crippen LogP contribution in [0, 0.1) is 0 Å². The van der Waals surface area contributed by atoms with E-state index in [0.717, 1.165) is 12.0 Å². The Morgan fingerprint density at radius 1 is 1.71 bits per heavy atom. The SMILES string of the molecule is C=C(C)CCOc1ccsc1C(=O)O. The van der Waals surface area contributed by atoms with Crippen molar-refractivity contribution in [2.75, 3.05) is 6.61 Å². The van der Waals surface area contributed by atoms with Crippen LogP contribution in [0.4, 0.5) is 0 Å². The van der Waals surface area contributed by atoms with E-state index < -0.39 is 5.97 Å². The predicted molar refractivity (Wildman–Crippen MR) is 56.2 cm³/mol. The molecule has 0 bridgehead atoms. The summed E-state index contributed by atoms with van der Waals surface area (Å²) >= 11 is 1.17. The van der Waals surface area contributed by atoms with E-state index in [-0.39, 0.29) is 4.88 Å². The Morgan fingerprint density at radius 2 is 2.43 bits per heavy atom. The van der Waals surface area contributed by atoms with E-state index in [1.54, 1.807) is 11.4 Å². The van der Waals surface area contributed by atoms with Gasteiger partial charge >= 0.3 is 5.97 Å². The number of rotatable bonds is 5. The van der Waals surface area contributed by atoms with Gasteiger partial charge in [-0.05, 0) is 18.4 Å². The molecule has 1 aromatic rings. The van der Waals surface area contributed by atoms with Gasteiger partial charge in [-0.15, -0.1) is 17.9 Å². The van der Waals surface area contributed by atoms with Crippen molar-refractivity contribution in [2.45, 2.75) is 13.3 Å². The molecule has 0 unspecified atom stereocenters. The zero-order chi connectivity index (χ0) is 10.6. The summed E-state index contributed by atoms with van der Waals surface area (Å²) in [4.78, 5) is 10.9. The Bertz CT molecular complexity index is 341. The quantitative estimate of drug-likeness (QED) is 0.763. The van der Waals surface area contributed by atoms with E-state index >= 15 is 0 Å². The summed E-state index contributed by atoms with van der Waals surface area (Å²) in [6.45, 7) is 6.13. The number of carboxylic acid groups (broad SMARTS) is 1. The summed E-state index contributed by atoms with van der Waals surface area (Å²) in [5, 5.41) is 10.5. The smallest absolute Gasteiger partial charge is 0.349 e. The molecule has 0 aromatic carbocycles. The van der Waals surface area contributed by atoms with Gasteiger partial charge in [0.25, 0.3) is 0 Å². The van der Waals surface area contributed by atoms with Crippen LogP contribution in [0.2, 0.25) is 0 Å². The van der Waals surface area contributed by atoms with Crippen LogP contribution in [-0.2, 0) is 0 Å². The summed E-state index contributed by atoms with van der Waals surface area (Å²) in [5.74, 6) is -0.492. The minimum absolute atomic E-state index is 0.256. The molecule has 0 spiro atoms. The molecular weight excluding hydrogens is 200 g/mol. The van der Waals surface area contributed by atoms with E-state index in [9.17, 15) is 4.79 Å². The molecule has 0 amide bonds. The summed E-state index contributed by atoms with van der Waals surface area (Å²) < 4.78 is 5.32. The normalized spacial score (nSPS) is 9.79. The lowest BCUT2D eigenvalue weighted by atomic mass is 10.3. The average Bonchev–Trinajstić information content (AvgIpc) is 2.51. The molecule has 14 heavy (non-hydrogen) atoms. The van der Waals surface area contributed by atoms with Gasteiger partial charge in [-0.1, -0.05) is 5.57 Å². The zero-order valence-electron chi connectivity index (χ0n) is 7.95. The molecule has 1 heterocycles. The van der Waals surface area contributed by atoms with Crippen LogP contribution in [0.5, 0.6) is 5.75 Å². The fraction of sp³-hybridized carbons (Fsp3) is 0.300. The minimum Gasteiger partial charge on any atom is -0.491 e. The molecule has 4 heteroatoms. The maximum Gasteiger partial charge on any atom is 0.349 e. The van der Waals surface area contributed by atoms with Gasteiger partial charge in [0.1, 0.15) is 5.75 Å². The van der Waals surface area contributed by atoms with Crippen molar-refractivity contribution < 1.29 is 14.6 Å². The molecular formula is C10H12O3S. The van der Waals surface area contributed by atoms with Crippen LogP contribution in [0.25, 0.3) is 0 Å². The van der Waals surface area contributed by atoms with Crippen molar-refractivity contribution in [3.8, 4) is 5.75 Å². The highest BCUT2D eigenvalue weighted by atomic mass is 32.1. The van der Waals surface area contributed by atoms with Crippen LogP contribution >= 0.6 is 11.3 Å². The molecule has 0 aliphatic heterocycles. The Hall–Kier alpha value is -1.29. The van der Waals surface area contributed by atoms with Crippen molar-refractivity contribution in [3.63, 3.8) is 0 Å². The standard InChI is InChI=1S/C10H12O3S/c1-7(2)3-5-13-8-4-6-14-9(8)10(11)12/h4,6H,1,3,5H2,2H3,(H,11,12). The third-order valence-electron chi connectivity index (χ3n) is 1.61. The second kappa shape index (κ2) is 4.81. The van der Waals surface area contributed by atoms with Crippen LogP contribution in [0.1, 0.15) is 23.0 Å². The van der Waals surface area contributed by atoms with E-state index in [0.29, 0.717) is 12.4 Å². The number of carbonyl (C=O) groups is 1. The lowest BCUT2D eigenvalue weighted by Gasteiger charge is -2.04. The lowest BCUT2D eigenvalue weighted by Crippen LogP contribution is -2.01. The van der Waals surface area contributed by atoms with Crippen molar-refractivity contribution >= 4 is 17.3 Å². The fourth-order valence-electron chi connectivity index (χ4n) is 0.902. The summed E-state index contributed by atoms with van der Waals surface area (Å²) in [5.41, 5.74) is 1.03.